The van der Waals surface area contributed by atoms with Gasteiger partial charge in [0.05, 0.1) is 18.7 Å². The van der Waals surface area contributed by atoms with E-state index in [0.29, 0.717) is 35.3 Å². The lowest BCUT2D eigenvalue weighted by Crippen LogP contribution is -2.20. The van der Waals surface area contributed by atoms with Gasteiger partial charge in [0.2, 0.25) is 11.0 Å². The van der Waals surface area contributed by atoms with E-state index in [1.54, 1.807) is 30.3 Å². The topological polar surface area (TPSA) is 139 Å². The largest absolute Gasteiger partial charge is 0.494 e. The third kappa shape index (κ3) is 8.66. The van der Waals surface area contributed by atoms with Gasteiger partial charge in [0.1, 0.15) is 10.8 Å². The van der Waals surface area contributed by atoms with E-state index in [1.807, 2.05) is 43.3 Å². The molecule has 0 fully saturated rings. The Hall–Kier alpha value is -4.22. The summed E-state index contributed by atoms with van der Waals surface area (Å²) in [5.41, 5.74) is 2.24. The van der Waals surface area contributed by atoms with Gasteiger partial charge in [0.15, 0.2) is 11.9 Å². The molecule has 2 aromatic carbocycles. The first kappa shape index (κ1) is 27.8. The van der Waals surface area contributed by atoms with Gasteiger partial charge in [-0.2, -0.15) is 5.10 Å². The van der Waals surface area contributed by atoms with Crippen molar-refractivity contribution in [2.75, 3.05) is 17.2 Å². The van der Waals surface area contributed by atoms with E-state index in [9.17, 15) is 14.7 Å². The van der Waals surface area contributed by atoms with Crippen molar-refractivity contribution in [3.05, 3.63) is 88.6 Å². The number of nitrogens with one attached hydrogen (secondary N) is 2. The number of carbonyl (C=O) groups is 2. The molecule has 2 heterocycles. The van der Waals surface area contributed by atoms with Crippen LogP contribution in [0.3, 0.4) is 0 Å². The highest BCUT2D eigenvalue weighted by Gasteiger charge is 2.19. The highest BCUT2D eigenvalue weighted by atomic mass is 32.1. The zero-order valence-electron chi connectivity index (χ0n) is 21.5. The average molecular weight is 547 g/mol. The lowest BCUT2D eigenvalue weighted by Gasteiger charge is -2.10. The van der Waals surface area contributed by atoms with Gasteiger partial charge in [-0.1, -0.05) is 53.8 Å². The standard InChI is InChI=1S/C28H30N6O4S/c1-2-38-22-15-12-20(13-16-22)26(36)27(37)30-28-34-33-25(39-28)11-7-6-10-21-14-17-23(32-31-21)29-24(35)18-19-8-4-3-5-9-19/h3-5,8-9,12-17,26,36H,2,6-7,10-11,18H2,1H3,(H,29,32,35)(H,30,34,37). The Morgan fingerprint density at radius 2 is 1.67 bits per heavy atom. The summed E-state index contributed by atoms with van der Waals surface area (Å²) in [6.45, 7) is 2.43. The van der Waals surface area contributed by atoms with Crippen molar-refractivity contribution in [1.82, 2.24) is 20.4 Å². The number of carbonyl (C=O) groups excluding carboxylic acids is 2. The molecule has 0 saturated heterocycles. The molecule has 3 N–H and O–H groups in total. The van der Waals surface area contributed by atoms with Crippen LogP contribution in [0, 0.1) is 0 Å². The van der Waals surface area contributed by atoms with Gasteiger partial charge in [-0.05, 0) is 61.6 Å². The molecule has 10 nitrogen and oxygen atoms in total. The van der Waals surface area contributed by atoms with Crippen LogP contribution < -0.4 is 15.4 Å². The molecule has 39 heavy (non-hydrogen) atoms. The Labute approximate surface area is 230 Å². The summed E-state index contributed by atoms with van der Waals surface area (Å²) < 4.78 is 5.38. The van der Waals surface area contributed by atoms with Crippen molar-refractivity contribution in [1.29, 1.82) is 0 Å². The fraction of sp³-hybridized carbons (Fsp3) is 0.286. The van der Waals surface area contributed by atoms with Crippen molar-refractivity contribution < 1.29 is 19.4 Å². The number of nitrogens with zero attached hydrogens (tertiary/aromatic N) is 4. The lowest BCUT2D eigenvalue weighted by molar-refractivity contribution is -0.124. The summed E-state index contributed by atoms with van der Waals surface area (Å²) in [4.78, 5) is 24.6. The molecule has 4 rings (SSSR count). The fourth-order valence-electron chi connectivity index (χ4n) is 3.75. The predicted molar refractivity (Wildman–Crippen MR) is 149 cm³/mol. The fourth-order valence-corrected chi connectivity index (χ4v) is 4.54. The Morgan fingerprint density at radius 1 is 0.897 bits per heavy atom. The summed E-state index contributed by atoms with van der Waals surface area (Å²) in [5, 5.41) is 33.3. The maximum Gasteiger partial charge on any atom is 0.259 e. The number of unbranched alkanes of at least 4 members (excludes halogenated alkanes) is 1. The van der Waals surface area contributed by atoms with E-state index in [1.165, 1.54) is 11.3 Å². The Kier molecular flexibility index (Phi) is 10.0. The summed E-state index contributed by atoms with van der Waals surface area (Å²) in [6, 6.07) is 19.9. The molecule has 0 saturated carbocycles. The third-order valence-corrected chi connectivity index (χ3v) is 6.62. The van der Waals surface area contributed by atoms with Crippen LogP contribution in [0.5, 0.6) is 5.75 Å². The number of aromatic nitrogens is 4. The number of benzene rings is 2. The number of hydrogen-bond donors (Lipinski definition) is 3. The molecule has 0 aliphatic rings. The van der Waals surface area contributed by atoms with Crippen molar-refractivity contribution in [2.24, 2.45) is 0 Å². The molecule has 1 unspecified atom stereocenters. The van der Waals surface area contributed by atoms with Crippen LogP contribution >= 0.6 is 11.3 Å². The number of hydrogen-bond acceptors (Lipinski definition) is 9. The molecular weight excluding hydrogens is 516 g/mol. The number of aliphatic hydroxyl groups is 1. The van der Waals surface area contributed by atoms with E-state index >= 15 is 0 Å². The van der Waals surface area contributed by atoms with Crippen LogP contribution in [-0.2, 0) is 28.9 Å². The van der Waals surface area contributed by atoms with Gasteiger partial charge in [-0.25, -0.2) is 0 Å². The van der Waals surface area contributed by atoms with E-state index in [-0.39, 0.29) is 12.3 Å². The van der Waals surface area contributed by atoms with Gasteiger partial charge >= 0.3 is 0 Å². The molecule has 0 radical (unpaired) electrons. The number of amides is 2. The van der Waals surface area contributed by atoms with Crippen LogP contribution in [0.4, 0.5) is 10.9 Å². The van der Waals surface area contributed by atoms with Gasteiger partial charge in [-0.3, -0.25) is 14.9 Å². The van der Waals surface area contributed by atoms with E-state index < -0.39 is 12.0 Å². The number of aliphatic hydroxyl groups excluding tert-OH is 1. The quantitative estimate of drug-likeness (QED) is 0.213. The molecule has 202 valence electrons. The van der Waals surface area contributed by atoms with Crippen LogP contribution in [-0.4, -0.2) is 43.9 Å². The highest BCUT2D eigenvalue weighted by Crippen LogP contribution is 2.22. The first-order valence-corrected chi connectivity index (χ1v) is 13.5. The molecule has 4 aromatic rings. The first-order chi connectivity index (χ1) is 19.0. The lowest BCUT2D eigenvalue weighted by atomic mass is 10.1. The molecular formula is C28H30N6O4S. The highest BCUT2D eigenvalue weighted by molar-refractivity contribution is 7.15. The van der Waals surface area contributed by atoms with Crippen molar-refractivity contribution >= 4 is 34.1 Å². The van der Waals surface area contributed by atoms with E-state index in [0.717, 1.165) is 35.5 Å². The molecule has 11 heteroatoms. The summed E-state index contributed by atoms with van der Waals surface area (Å²) in [5.74, 6) is 0.396. The monoisotopic (exact) mass is 546 g/mol. The van der Waals surface area contributed by atoms with Crippen LogP contribution in [0.25, 0.3) is 0 Å². The average Bonchev–Trinajstić information content (AvgIpc) is 3.39. The second-order valence-corrected chi connectivity index (χ2v) is 9.78. The minimum Gasteiger partial charge on any atom is -0.494 e. The second kappa shape index (κ2) is 14.1. The number of aryl methyl sites for hydroxylation is 2. The Bertz CT molecular complexity index is 1350. The maximum atomic E-state index is 12.4. The van der Waals surface area contributed by atoms with Crippen LogP contribution in [0.1, 0.15) is 47.7 Å². The SMILES string of the molecule is CCOc1ccc(C(O)C(=O)Nc2nnc(CCCCc3ccc(NC(=O)Cc4ccccc4)nn3)s2)cc1. The summed E-state index contributed by atoms with van der Waals surface area (Å²) in [6.07, 6.45) is 2.13. The Morgan fingerprint density at radius 3 is 2.38 bits per heavy atom. The molecule has 0 aliphatic heterocycles. The second-order valence-electron chi connectivity index (χ2n) is 8.72. The number of rotatable bonds is 13. The Balaban J connectivity index is 1.16. The minimum absolute atomic E-state index is 0.137. The van der Waals surface area contributed by atoms with Gasteiger partial charge in [0.25, 0.3) is 5.91 Å². The normalized spacial score (nSPS) is 11.5. The molecule has 0 bridgehead atoms. The molecule has 0 spiro atoms. The van der Waals surface area contributed by atoms with Crippen molar-refractivity contribution in [3.8, 4) is 5.75 Å². The van der Waals surface area contributed by atoms with E-state index in [4.69, 9.17) is 4.74 Å². The van der Waals surface area contributed by atoms with Gasteiger partial charge in [0, 0.05) is 6.42 Å². The van der Waals surface area contributed by atoms with Gasteiger partial charge in [-0.15, -0.1) is 15.3 Å². The zero-order chi connectivity index (χ0) is 27.5. The van der Waals surface area contributed by atoms with Crippen LogP contribution in [0.15, 0.2) is 66.7 Å². The minimum atomic E-state index is -1.32. The summed E-state index contributed by atoms with van der Waals surface area (Å²) >= 11 is 1.28. The predicted octanol–water partition coefficient (Wildman–Crippen LogP) is 4.15. The third-order valence-electron chi connectivity index (χ3n) is 5.72. The van der Waals surface area contributed by atoms with Crippen molar-refractivity contribution in [2.45, 2.75) is 45.1 Å². The number of anilines is 2. The van der Waals surface area contributed by atoms with E-state index in [2.05, 4.69) is 31.0 Å². The smallest absolute Gasteiger partial charge is 0.259 e. The van der Waals surface area contributed by atoms with Crippen LogP contribution in [0.2, 0.25) is 0 Å². The molecule has 1 atom stereocenters. The first-order valence-electron chi connectivity index (χ1n) is 12.7. The zero-order valence-corrected chi connectivity index (χ0v) is 22.4. The van der Waals surface area contributed by atoms with Crippen molar-refractivity contribution in [3.63, 3.8) is 0 Å². The summed E-state index contributed by atoms with van der Waals surface area (Å²) in [7, 11) is 0. The maximum absolute atomic E-state index is 12.4. The molecule has 0 aliphatic carbocycles. The molecule has 2 aromatic heterocycles. The van der Waals surface area contributed by atoms with Gasteiger partial charge < -0.3 is 15.2 Å². The number of ether oxygens (including phenoxy) is 1. The molecule has 2 amide bonds.